The molecule has 0 aliphatic rings. The maximum absolute atomic E-state index is 11.5. The Labute approximate surface area is 63.8 Å². The first-order valence-corrected chi connectivity index (χ1v) is 3.18. The molecule has 0 aromatic carbocycles. The molecule has 0 rings (SSSR count). The summed E-state index contributed by atoms with van der Waals surface area (Å²) in [6, 6.07) is -0.698. The van der Waals surface area contributed by atoms with E-state index in [0.717, 1.165) is 5.92 Å². The molecule has 0 heterocycles. The smallest absolute Gasteiger partial charge is 0.317 e. The summed E-state index contributed by atoms with van der Waals surface area (Å²) in [4.78, 5) is 0. The third-order valence-electron chi connectivity index (χ3n) is 1.10. The van der Waals surface area contributed by atoms with Crippen molar-refractivity contribution in [3.05, 3.63) is 0 Å². The highest BCUT2D eigenvalue weighted by atomic mass is 19.4. The minimum Gasteiger partial charge on any atom is -0.317 e. The first kappa shape index (κ1) is 10.3. The molecule has 0 saturated carbocycles. The molecular formula is C7H10F3N. The Morgan fingerprint density at radius 3 is 2.00 bits per heavy atom. The summed E-state index contributed by atoms with van der Waals surface area (Å²) in [5.41, 5.74) is 5.25. The molecule has 64 valence electrons. The Bertz CT molecular complexity index is 172. The molecular weight excluding hydrogens is 155 g/mol. The van der Waals surface area contributed by atoms with E-state index >= 15 is 0 Å². The van der Waals surface area contributed by atoms with Crippen LogP contribution in [-0.2, 0) is 0 Å². The second kappa shape index (κ2) is 3.63. The Balaban J connectivity index is 4.08. The number of hydrogen-bond acceptors (Lipinski definition) is 1. The second-order valence-electron chi connectivity index (χ2n) is 2.54. The van der Waals surface area contributed by atoms with Gasteiger partial charge in [0.2, 0.25) is 0 Å². The first-order chi connectivity index (χ1) is 4.83. The minimum atomic E-state index is -4.42. The summed E-state index contributed by atoms with van der Waals surface area (Å²) in [5, 5.41) is 0. The number of hydrogen-bond donors (Lipinski definition) is 1. The summed E-state index contributed by atoms with van der Waals surface area (Å²) >= 11 is 0. The summed E-state index contributed by atoms with van der Waals surface area (Å²) in [6.07, 6.45) is -4.42. The van der Waals surface area contributed by atoms with Crippen molar-refractivity contribution in [3.8, 4) is 11.8 Å². The van der Waals surface area contributed by atoms with Gasteiger partial charge in [0.15, 0.2) is 0 Å². The van der Waals surface area contributed by atoms with Gasteiger partial charge in [-0.25, -0.2) is 0 Å². The molecule has 4 heteroatoms. The van der Waals surface area contributed by atoms with Crippen molar-refractivity contribution < 1.29 is 13.2 Å². The lowest BCUT2D eigenvalue weighted by Crippen LogP contribution is -2.24. The highest BCUT2D eigenvalue weighted by Crippen LogP contribution is 2.12. The van der Waals surface area contributed by atoms with Crippen molar-refractivity contribution in [2.24, 2.45) is 11.7 Å². The molecule has 0 fully saturated rings. The fourth-order valence-corrected chi connectivity index (χ4v) is 0.332. The third kappa shape index (κ3) is 5.74. The van der Waals surface area contributed by atoms with Crippen LogP contribution >= 0.6 is 0 Å². The Kier molecular flexibility index (Phi) is 3.40. The summed E-state index contributed by atoms with van der Waals surface area (Å²) in [7, 11) is 0. The molecule has 0 amide bonds. The number of rotatable bonds is 1. The predicted octanol–water partition coefficient (Wildman–Crippen LogP) is 1.54. The Morgan fingerprint density at radius 2 is 1.73 bits per heavy atom. The fourth-order valence-electron chi connectivity index (χ4n) is 0.332. The number of halogens is 3. The average Bonchev–Trinajstić information content (AvgIpc) is 1.80. The van der Waals surface area contributed by atoms with E-state index in [1.807, 2.05) is 5.92 Å². The van der Waals surface area contributed by atoms with Crippen molar-refractivity contribution in [1.82, 2.24) is 0 Å². The van der Waals surface area contributed by atoms with E-state index < -0.39 is 12.2 Å². The zero-order valence-electron chi connectivity index (χ0n) is 6.37. The van der Waals surface area contributed by atoms with Gasteiger partial charge in [0.05, 0.1) is 6.04 Å². The molecule has 0 aromatic heterocycles. The Hall–Kier alpha value is -0.690. The largest absolute Gasteiger partial charge is 0.457 e. The maximum Gasteiger partial charge on any atom is 0.457 e. The maximum atomic E-state index is 11.5. The lowest BCUT2D eigenvalue weighted by Gasteiger charge is -2.06. The van der Waals surface area contributed by atoms with Crippen LogP contribution in [-0.4, -0.2) is 12.2 Å². The fraction of sp³-hybridized carbons (Fsp3) is 0.714. The van der Waals surface area contributed by atoms with Gasteiger partial charge >= 0.3 is 6.18 Å². The molecule has 0 bridgehead atoms. The van der Waals surface area contributed by atoms with Crippen LogP contribution in [0.25, 0.3) is 0 Å². The van der Waals surface area contributed by atoms with E-state index in [4.69, 9.17) is 5.73 Å². The van der Waals surface area contributed by atoms with Gasteiger partial charge in [-0.3, -0.25) is 0 Å². The van der Waals surface area contributed by atoms with Gasteiger partial charge < -0.3 is 5.73 Å². The summed E-state index contributed by atoms with van der Waals surface area (Å²) < 4.78 is 34.4. The van der Waals surface area contributed by atoms with Gasteiger partial charge in [0, 0.05) is 5.92 Å². The van der Waals surface area contributed by atoms with Gasteiger partial charge in [0.1, 0.15) is 0 Å². The lowest BCUT2D eigenvalue weighted by molar-refractivity contribution is -0.0698. The monoisotopic (exact) mass is 165 g/mol. The van der Waals surface area contributed by atoms with Crippen LogP contribution < -0.4 is 5.73 Å². The SMILES string of the molecule is CC(C)[C@@H](N)C#CC(F)(F)F. The van der Waals surface area contributed by atoms with Crippen LogP contribution in [0, 0.1) is 17.8 Å². The van der Waals surface area contributed by atoms with Crippen LogP contribution in [0.3, 0.4) is 0 Å². The van der Waals surface area contributed by atoms with Crippen LogP contribution in [0.15, 0.2) is 0 Å². The highest BCUT2D eigenvalue weighted by Gasteiger charge is 2.23. The topological polar surface area (TPSA) is 26.0 Å². The number of nitrogens with two attached hydrogens (primary N) is 1. The first-order valence-electron chi connectivity index (χ1n) is 3.18. The van der Waals surface area contributed by atoms with Crippen molar-refractivity contribution in [2.75, 3.05) is 0 Å². The summed E-state index contributed by atoms with van der Waals surface area (Å²) in [6.45, 7) is 3.44. The molecule has 0 radical (unpaired) electrons. The van der Waals surface area contributed by atoms with Crippen LogP contribution in [0.4, 0.5) is 13.2 Å². The van der Waals surface area contributed by atoms with Crippen LogP contribution in [0.1, 0.15) is 13.8 Å². The third-order valence-corrected chi connectivity index (χ3v) is 1.10. The van der Waals surface area contributed by atoms with Gasteiger partial charge in [-0.15, -0.1) is 0 Å². The average molecular weight is 165 g/mol. The molecule has 0 aliphatic heterocycles. The van der Waals surface area contributed by atoms with Crippen molar-refractivity contribution >= 4 is 0 Å². The predicted molar refractivity (Wildman–Crippen MR) is 36.6 cm³/mol. The summed E-state index contributed by atoms with van der Waals surface area (Å²) in [5.74, 6) is 3.00. The standard InChI is InChI=1S/C7H10F3N/c1-5(2)6(11)3-4-7(8,9)10/h5-6H,11H2,1-2H3/t6-/m0/s1. The van der Waals surface area contributed by atoms with E-state index in [9.17, 15) is 13.2 Å². The van der Waals surface area contributed by atoms with Gasteiger partial charge in [-0.05, 0) is 5.92 Å². The van der Waals surface area contributed by atoms with E-state index in [0.29, 0.717) is 0 Å². The molecule has 0 aromatic rings. The zero-order valence-corrected chi connectivity index (χ0v) is 6.37. The molecule has 11 heavy (non-hydrogen) atoms. The quantitative estimate of drug-likeness (QED) is 0.586. The van der Waals surface area contributed by atoms with E-state index in [1.54, 1.807) is 13.8 Å². The normalized spacial score (nSPS) is 14.1. The van der Waals surface area contributed by atoms with Crippen molar-refractivity contribution in [1.29, 1.82) is 0 Å². The van der Waals surface area contributed by atoms with E-state index in [1.165, 1.54) is 0 Å². The number of alkyl halides is 3. The zero-order chi connectivity index (χ0) is 9.07. The minimum absolute atomic E-state index is 0.0511. The molecule has 1 nitrogen and oxygen atoms in total. The van der Waals surface area contributed by atoms with Crippen molar-refractivity contribution in [2.45, 2.75) is 26.1 Å². The molecule has 0 aliphatic carbocycles. The van der Waals surface area contributed by atoms with Gasteiger partial charge in [0.25, 0.3) is 0 Å². The molecule has 0 saturated heterocycles. The molecule has 0 spiro atoms. The van der Waals surface area contributed by atoms with E-state index in [-0.39, 0.29) is 5.92 Å². The van der Waals surface area contributed by atoms with E-state index in [2.05, 4.69) is 0 Å². The van der Waals surface area contributed by atoms with Gasteiger partial charge in [-0.2, -0.15) is 13.2 Å². The van der Waals surface area contributed by atoms with Gasteiger partial charge in [-0.1, -0.05) is 19.8 Å². The Morgan fingerprint density at radius 1 is 1.27 bits per heavy atom. The lowest BCUT2D eigenvalue weighted by atomic mass is 10.1. The molecule has 1 atom stereocenters. The second-order valence-corrected chi connectivity index (χ2v) is 2.54. The highest BCUT2D eigenvalue weighted by molar-refractivity contribution is 5.11. The van der Waals surface area contributed by atoms with Crippen LogP contribution in [0.2, 0.25) is 0 Å². The van der Waals surface area contributed by atoms with Crippen molar-refractivity contribution in [3.63, 3.8) is 0 Å². The van der Waals surface area contributed by atoms with Crippen LogP contribution in [0.5, 0.6) is 0 Å². The molecule has 2 N–H and O–H groups in total. The molecule has 0 unspecified atom stereocenters.